The lowest BCUT2D eigenvalue weighted by molar-refractivity contribution is -0.122. The molecule has 2 aliphatic rings. The predicted octanol–water partition coefficient (Wildman–Crippen LogP) is 7.50. The molecule has 1 aliphatic heterocycles. The third-order valence-corrected chi connectivity index (χ3v) is 7.04. The molecule has 0 bridgehead atoms. The largest absolute Gasteiger partial charge is 0.352 e. The SMILES string of the molecule is CC(C)(C)C.CCC1CN(CCCCc2ccccc2CNC(=O)C2CC2)C(=O)c2ccc(Br)cc21. The van der Waals surface area contributed by atoms with Crippen molar-refractivity contribution in [2.45, 2.75) is 85.6 Å². The van der Waals surface area contributed by atoms with Crippen LogP contribution in [0.1, 0.15) is 99.7 Å². The van der Waals surface area contributed by atoms with E-state index in [-0.39, 0.29) is 17.7 Å². The fraction of sp³-hybridized carbons (Fsp3) is 0.548. The molecule has 196 valence electrons. The molecule has 36 heavy (non-hydrogen) atoms. The van der Waals surface area contributed by atoms with Crippen LogP contribution in [0, 0.1) is 11.3 Å². The van der Waals surface area contributed by atoms with E-state index in [1.54, 1.807) is 0 Å². The molecule has 1 saturated carbocycles. The van der Waals surface area contributed by atoms with Crippen LogP contribution in [0.25, 0.3) is 0 Å². The number of hydrogen-bond donors (Lipinski definition) is 1. The van der Waals surface area contributed by atoms with Crippen molar-refractivity contribution >= 4 is 27.7 Å². The van der Waals surface area contributed by atoms with E-state index >= 15 is 0 Å². The van der Waals surface area contributed by atoms with Gasteiger partial charge >= 0.3 is 0 Å². The fourth-order valence-corrected chi connectivity index (χ4v) is 4.87. The molecule has 0 radical (unpaired) electrons. The summed E-state index contributed by atoms with van der Waals surface area (Å²) in [6.45, 7) is 13.2. The van der Waals surface area contributed by atoms with E-state index in [0.717, 1.165) is 61.7 Å². The molecule has 0 saturated heterocycles. The lowest BCUT2D eigenvalue weighted by atomic mass is 9.87. The van der Waals surface area contributed by atoms with Gasteiger partial charge in [-0.2, -0.15) is 0 Å². The topological polar surface area (TPSA) is 49.4 Å². The summed E-state index contributed by atoms with van der Waals surface area (Å²) >= 11 is 3.54. The quantitative estimate of drug-likeness (QED) is 0.326. The number of carbonyl (C=O) groups excluding carboxylic acids is 2. The average Bonchev–Trinajstić information content (AvgIpc) is 3.67. The highest BCUT2D eigenvalue weighted by Crippen LogP contribution is 2.33. The van der Waals surface area contributed by atoms with Crippen molar-refractivity contribution in [2.24, 2.45) is 11.3 Å². The van der Waals surface area contributed by atoms with E-state index in [1.165, 1.54) is 16.7 Å². The minimum atomic E-state index is 0.162. The second-order valence-electron chi connectivity index (χ2n) is 11.8. The number of rotatable bonds is 9. The van der Waals surface area contributed by atoms with E-state index in [4.69, 9.17) is 0 Å². The van der Waals surface area contributed by atoms with Crippen LogP contribution in [0.3, 0.4) is 0 Å². The Hall–Kier alpha value is -2.14. The van der Waals surface area contributed by atoms with E-state index in [2.05, 4.69) is 80.1 Å². The molecule has 1 aliphatic carbocycles. The van der Waals surface area contributed by atoms with Crippen molar-refractivity contribution in [2.75, 3.05) is 13.1 Å². The third kappa shape index (κ3) is 8.76. The van der Waals surface area contributed by atoms with Crippen molar-refractivity contribution in [3.8, 4) is 0 Å². The zero-order valence-corrected chi connectivity index (χ0v) is 24.3. The van der Waals surface area contributed by atoms with Gasteiger partial charge in [0.2, 0.25) is 5.91 Å². The van der Waals surface area contributed by atoms with Crippen LogP contribution in [-0.2, 0) is 17.8 Å². The van der Waals surface area contributed by atoms with Gasteiger partial charge in [0.05, 0.1) is 0 Å². The summed E-state index contributed by atoms with van der Waals surface area (Å²) in [5.41, 5.74) is 5.04. The molecule has 2 amide bonds. The Morgan fingerprint density at radius 1 is 1.06 bits per heavy atom. The van der Waals surface area contributed by atoms with Gasteiger partial charge in [-0.3, -0.25) is 9.59 Å². The number of hydrogen-bond acceptors (Lipinski definition) is 2. The van der Waals surface area contributed by atoms with Crippen LogP contribution in [0.2, 0.25) is 0 Å². The third-order valence-electron chi connectivity index (χ3n) is 6.55. The summed E-state index contributed by atoms with van der Waals surface area (Å²) in [7, 11) is 0. The standard InChI is InChI=1S/C26H31BrN2O2.C5H12/c1-2-18-17-29(26(31)23-13-12-22(27)15-24(18)23)14-6-5-8-19-7-3-4-9-21(19)16-28-25(30)20-10-11-20;1-5(2,3)4/h3-4,7,9,12-13,15,18,20H,2,5-6,8,10-11,14,16-17H2,1H3,(H,28,30);1-4H3. The molecule has 2 aromatic rings. The fourth-order valence-electron chi connectivity index (χ4n) is 4.49. The molecule has 1 heterocycles. The molecule has 4 nitrogen and oxygen atoms in total. The smallest absolute Gasteiger partial charge is 0.254 e. The van der Waals surface area contributed by atoms with E-state index < -0.39 is 0 Å². The van der Waals surface area contributed by atoms with Crippen LogP contribution in [0.4, 0.5) is 0 Å². The summed E-state index contributed by atoms with van der Waals surface area (Å²) in [5.74, 6) is 1.00. The molecule has 0 spiro atoms. The van der Waals surface area contributed by atoms with Gasteiger partial charge in [0.15, 0.2) is 0 Å². The number of benzene rings is 2. The van der Waals surface area contributed by atoms with Gasteiger partial charge in [-0.05, 0) is 78.8 Å². The van der Waals surface area contributed by atoms with Crippen LogP contribution in [0.15, 0.2) is 46.9 Å². The molecular weight excluding hydrogens is 512 g/mol. The summed E-state index contributed by atoms with van der Waals surface area (Å²) in [5, 5.41) is 3.08. The molecular formula is C31H43BrN2O2. The first-order chi connectivity index (χ1) is 17.1. The summed E-state index contributed by atoms with van der Waals surface area (Å²) in [4.78, 5) is 27.0. The first kappa shape index (κ1) is 28.4. The minimum Gasteiger partial charge on any atom is -0.352 e. The number of aryl methyl sites for hydroxylation is 1. The Morgan fingerprint density at radius 3 is 2.36 bits per heavy atom. The van der Waals surface area contributed by atoms with Gasteiger partial charge in [-0.15, -0.1) is 0 Å². The Labute approximate surface area is 226 Å². The first-order valence-electron chi connectivity index (χ1n) is 13.5. The predicted molar refractivity (Wildman–Crippen MR) is 152 cm³/mol. The Kier molecular flexibility index (Phi) is 10.2. The molecule has 1 N–H and O–H groups in total. The monoisotopic (exact) mass is 554 g/mol. The van der Waals surface area contributed by atoms with Gasteiger partial charge in [0, 0.05) is 41.5 Å². The number of nitrogens with zero attached hydrogens (tertiary/aromatic N) is 1. The number of fused-ring (bicyclic) bond motifs is 1. The second kappa shape index (κ2) is 12.9. The molecule has 1 atom stereocenters. The van der Waals surface area contributed by atoms with Crippen molar-refractivity contribution in [1.29, 1.82) is 0 Å². The van der Waals surface area contributed by atoms with Crippen LogP contribution >= 0.6 is 15.9 Å². The van der Waals surface area contributed by atoms with Crippen molar-refractivity contribution < 1.29 is 9.59 Å². The Morgan fingerprint density at radius 2 is 1.72 bits per heavy atom. The van der Waals surface area contributed by atoms with Crippen LogP contribution < -0.4 is 5.32 Å². The molecule has 4 rings (SSSR count). The van der Waals surface area contributed by atoms with Gasteiger partial charge in [0.1, 0.15) is 0 Å². The Bertz CT molecular complexity index is 1030. The van der Waals surface area contributed by atoms with Gasteiger partial charge in [-0.25, -0.2) is 0 Å². The van der Waals surface area contributed by atoms with Crippen LogP contribution in [0.5, 0.6) is 0 Å². The lowest BCUT2D eigenvalue weighted by Crippen LogP contribution is -2.40. The number of carbonyl (C=O) groups is 2. The van der Waals surface area contributed by atoms with E-state index in [0.29, 0.717) is 17.9 Å². The van der Waals surface area contributed by atoms with Gasteiger partial charge in [0.25, 0.3) is 5.91 Å². The van der Waals surface area contributed by atoms with Crippen molar-refractivity contribution in [3.05, 3.63) is 69.2 Å². The van der Waals surface area contributed by atoms with E-state index in [9.17, 15) is 9.59 Å². The molecule has 1 fully saturated rings. The van der Waals surface area contributed by atoms with E-state index in [1.807, 2.05) is 23.1 Å². The number of amides is 2. The normalized spacial score (nSPS) is 17.2. The molecule has 5 heteroatoms. The lowest BCUT2D eigenvalue weighted by Gasteiger charge is -2.34. The summed E-state index contributed by atoms with van der Waals surface area (Å²) in [6.07, 6.45) is 6.08. The summed E-state index contributed by atoms with van der Waals surface area (Å²) in [6, 6.07) is 14.4. The number of halogens is 1. The Balaban J connectivity index is 0.000000658. The maximum atomic E-state index is 13.0. The molecule has 2 aromatic carbocycles. The van der Waals surface area contributed by atoms with Crippen molar-refractivity contribution in [1.82, 2.24) is 10.2 Å². The summed E-state index contributed by atoms with van der Waals surface area (Å²) < 4.78 is 1.04. The van der Waals surface area contributed by atoms with Gasteiger partial charge in [-0.1, -0.05) is 74.8 Å². The second-order valence-corrected chi connectivity index (χ2v) is 12.7. The zero-order valence-electron chi connectivity index (χ0n) is 22.7. The molecule has 0 aromatic heterocycles. The zero-order chi connectivity index (χ0) is 26.3. The first-order valence-corrected chi connectivity index (χ1v) is 14.3. The number of unbranched alkanes of at least 4 members (excludes halogenated alkanes) is 1. The minimum absolute atomic E-state index is 0.162. The molecule has 1 unspecified atom stereocenters. The van der Waals surface area contributed by atoms with Crippen LogP contribution in [-0.4, -0.2) is 29.8 Å². The average molecular weight is 556 g/mol. The maximum Gasteiger partial charge on any atom is 0.254 e. The highest BCUT2D eigenvalue weighted by molar-refractivity contribution is 9.10. The van der Waals surface area contributed by atoms with Crippen molar-refractivity contribution in [3.63, 3.8) is 0 Å². The number of nitrogens with one attached hydrogen (secondary N) is 1. The highest BCUT2D eigenvalue weighted by atomic mass is 79.9. The maximum absolute atomic E-state index is 13.0. The van der Waals surface area contributed by atoms with Gasteiger partial charge < -0.3 is 10.2 Å². The highest BCUT2D eigenvalue weighted by Gasteiger charge is 2.30.